The van der Waals surface area contributed by atoms with E-state index in [9.17, 15) is 4.79 Å². The summed E-state index contributed by atoms with van der Waals surface area (Å²) >= 11 is 0. The molecule has 0 N–H and O–H groups in total. The number of anilines is 1. The van der Waals surface area contributed by atoms with Crippen molar-refractivity contribution in [3.63, 3.8) is 0 Å². The van der Waals surface area contributed by atoms with Crippen LogP contribution in [-0.4, -0.2) is 55.7 Å². The molecule has 7 heteroatoms. The van der Waals surface area contributed by atoms with Crippen molar-refractivity contribution in [1.29, 1.82) is 0 Å². The van der Waals surface area contributed by atoms with E-state index >= 15 is 0 Å². The molecule has 1 saturated carbocycles. The second-order valence-electron chi connectivity index (χ2n) is 8.93. The van der Waals surface area contributed by atoms with Crippen molar-refractivity contribution in [2.75, 3.05) is 45.7 Å². The van der Waals surface area contributed by atoms with Crippen molar-refractivity contribution in [1.82, 2.24) is 14.9 Å². The summed E-state index contributed by atoms with van der Waals surface area (Å²) in [6, 6.07) is 7.56. The number of aromatic nitrogens is 2. The minimum Gasteiger partial charge on any atom is -0.497 e. The van der Waals surface area contributed by atoms with Crippen LogP contribution in [0.15, 0.2) is 39.7 Å². The predicted octanol–water partition coefficient (Wildman–Crippen LogP) is 3.52. The Bertz CT molecular complexity index is 1170. The Morgan fingerprint density at radius 2 is 2.10 bits per heavy atom. The number of benzene rings is 1. The van der Waals surface area contributed by atoms with Gasteiger partial charge in [-0.1, -0.05) is 0 Å². The Morgan fingerprint density at radius 1 is 1.26 bits per heavy atom. The topological polar surface area (TPSA) is 71.7 Å². The number of hydrogen-bond donors (Lipinski definition) is 0. The van der Waals surface area contributed by atoms with Crippen molar-refractivity contribution >= 4 is 16.7 Å². The first-order valence-corrected chi connectivity index (χ1v) is 10.9. The zero-order chi connectivity index (χ0) is 21.5. The lowest BCUT2D eigenvalue weighted by molar-refractivity contribution is 0.340. The molecule has 7 nitrogen and oxygen atoms in total. The summed E-state index contributed by atoms with van der Waals surface area (Å²) < 4.78 is 11.3. The fourth-order valence-electron chi connectivity index (χ4n) is 4.66. The Hall–Kier alpha value is -2.93. The molecular formula is C24H28N4O3. The highest BCUT2D eigenvalue weighted by Gasteiger charge is 2.30. The first-order chi connectivity index (χ1) is 15.0. The van der Waals surface area contributed by atoms with Crippen LogP contribution >= 0.6 is 0 Å². The molecule has 0 bridgehead atoms. The highest BCUT2D eigenvalue weighted by molar-refractivity contribution is 5.85. The Morgan fingerprint density at radius 3 is 2.84 bits per heavy atom. The minimum absolute atomic E-state index is 0.312. The van der Waals surface area contributed by atoms with Gasteiger partial charge < -0.3 is 19.0 Å². The van der Waals surface area contributed by atoms with Crippen molar-refractivity contribution in [3.05, 3.63) is 46.4 Å². The zero-order valence-corrected chi connectivity index (χ0v) is 18.3. The van der Waals surface area contributed by atoms with Gasteiger partial charge in [-0.15, -0.1) is 0 Å². The van der Waals surface area contributed by atoms with E-state index in [4.69, 9.17) is 14.1 Å². The van der Waals surface area contributed by atoms with E-state index in [1.807, 2.05) is 24.3 Å². The lowest BCUT2D eigenvalue weighted by Crippen LogP contribution is -2.26. The van der Waals surface area contributed by atoms with Crippen LogP contribution in [0.5, 0.6) is 5.75 Å². The summed E-state index contributed by atoms with van der Waals surface area (Å²) in [5.74, 6) is 2.83. The Labute approximate surface area is 181 Å². The number of hydrogen-bond acceptors (Lipinski definition) is 7. The summed E-state index contributed by atoms with van der Waals surface area (Å²) in [6.07, 6.45) is 5.06. The summed E-state index contributed by atoms with van der Waals surface area (Å²) in [5.41, 5.74) is 2.02. The predicted molar refractivity (Wildman–Crippen MR) is 121 cm³/mol. The van der Waals surface area contributed by atoms with E-state index in [1.165, 1.54) is 0 Å². The van der Waals surface area contributed by atoms with Crippen molar-refractivity contribution < 1.29 is 9.15 Å². The highest BCUT2D eigenvalue weighted by Crippen LogP contribution is 2.44. The molecule has 0 amide bonds. The second kappa shape index (κ2) is 7.96. The zero-order valence-electron chi connectivity index (χ0n) is 18.3. The van der Waals surface area contributed by atoms with Crippen LogP contribution in [0.25, 0.3) is 22.4 Å². The van der Waals surface area contributed by atoms with Gasteiger partial charge >= 0.3 is 5.63 Å². The molecule has 1 aliphatic carbocycles. The standard InChI is InChI=1S/C24H28N4O3/c1-27(2)13-15-8-10-28(14-15)22-18(5-4-9-25-22)23-26-20-12-17(30-3)11-19(16-6-7-16)21(20)24(29)31-23/h4-5,9,11-12,15-16H,6-8,10,13-14H2,1-3H3. The van der Waals surface area contributed by atoms with E-state index in [0.717, 1.165) is 61.6 Å². The van der Waals surface area contributed by atoms with Gasteiger partial charge in [0.25, 0.3) is 0 Å². The maximum atomic E-state index is 13.0. The van der Waals surface area contributed by atoms with Gasteiger partial charge in [0, 0.05) is 31.9 Å². The van der Waals surface area contributed by atoms with Crippen LogP contribution < -0.4 is 15.3 Å². The summed E-state index contributed by atoms with van der Waals surface area (Å²) in [5, 5.41) is 0.574. The van der Waals surface area contributed by atoms with Crippen molar-refractivity contribution in [3.8, 4) is 17.2 Å². The molecule has 5 rings (SSSR count). The maximum absolute atomic E-state index is 13.0. The van der Waals surface area contributed by atoms with E-state index in [-0.39, 0.29) is 5.63 Å². The molecule has 1 atom stereocenters. The molecular weight excluding hydrogens is 392 g/mol. The first-order valence-electron chi connectivity index (χ1n) is 10.9. The van der Waals surface area contributed by atoms with Gasteiger partial charge in [-0.3, -0.25) is 0 Å². The van der Waals surface area contributed by atoms with Gasteiger partial charge in [0.15, 0.2) is 0 Å². The lowest BCUT2D eigenvalue weighted by atomic mass is 10.0. The van der Waals surface area contributed by atoms with Gasteiger partial charge in [0.2, 0.25) is 5.89 Å². The third-order valence-electron chi connectivity index (χ3n) is 6.22. The molecule has 1 aliphatic heterocycles. The number of fused-ring (bicyclic) bond motifs is 1. The van der Waals surface area contributed by atoms with E-state index < -0.39 is 0 Å². The van der Waals surface area contributed by atoms with E-state index in [2.05, 4.69) is 28.9 Å². The molecule has 2 aromatic heterocycles. The van der Waals surface area contributed by atoms with Crippen LogP contribution in [0.3, 0.4) is 0 Å². The van der Waals surface area contributed by atoms with Crippen LogP contribution in [0.2, 0.25) is 0 Å². The largest absolute Gasteiger partial charge is 0.497 e. The fourth-order valence-corrected chi connectivity index (χ4v) is 4.66. The molecule has 0 radical (unpaired) electrons. The maximum Gasteiger partial charge on any atom is 0.347 e. The van der Waals surface area contributed by atoms with Crippen molar-refractivity contribution in [2.45, 2.75) is 25.2 Å². The Kier molecular flexibility index (Phi) is 5.14. The molecule has 162 valence electrons. The van der Waals surface area contributed by atoms with Crippen molar-refractivity contribution in [2.24, 2.45) is 5.92 Å². The molecule has 1 saturated heterocycles. The van der Waals surface area contributed by atoms with E-state index in [1.54, 1.807) is 13.3 Å². The highest BCUT2D eigenvalue weighted by atomic mass is 16.5. The first kappa shape index (κ1) is 20.0. The van der Waals surface area contributed by atoms with Gasteiger partial charge in [-0.25, -0.2) is 14.8 Å². The average molecular weight is 421 g/mol. The number of ether oxygens (including phenoxy) is 1. The molecule has 1 aromatic carbocycles. The van der Waals surface area contributed by atoms with Crippen LogP contribution in [0.1, 0.15) is 30.7 Å². The molecule has 3 heterocycles. The Balaban J connectivity index is 1.57. The molecule has 1 unspecified atom stereocenters. The van der Waals surface area contributed by atoms with Crippen LogP contribution in [-0.2, 0) is 0 Å². The monoisotopic (exact) mass is 420 g/mol. The quantitative estimate of drug-likeness (QED) is 0.604. The fraction of sp³-hybridized carbons (Fsp3) is 0.458. The molecule has 0 spiro atoms. The number of methoxy groups -OCH3 is 1. The van der Waals surface area contributed by atoms with Gasteiger partial charge in [0.1, 0.15) is 11.6 Å². The molecule has 2 aliphatic rings. The van der Waals surface area contributed by atoms with Crippen LogP contribution in [0, 0.1) is 5.92 Å². The minimum atomic E-state index is -0.341. The number of pyridine rings is 1. The SMILES string of the molecule is COc1cc(C2CC2)c2c(=O)oc(-c3cccnc3N3CCC(CN(C)C)C3)nc2c1. The third kappa shape index (κ3) is 3.90. The normalized spacial score (nSPS) is 18.8. The molecule has 3 aromatic rings. The van der Waals surface area contributed by atoms with Gasteiger partial charge in [-0.2, -0.15) is 0 Å². The van der Waals surface area contributed by atoms with Gasteiger partial charge in [-0.05, 0) is 69.0 Å². The van der Waals surface area contributed by atoms with E-state index in [0.29, 0.717) is 28.6 Å². The number of rotatable bonds is 6. The second-order valence-corrected chi connectivity index (χ2v) is 8.93. The summed E-state index contributed by atoms with van der Waals surface area (Å²) in [7, 11) is 5.85. The molecule has 2 fully saturated rings. The van der Waals surface area contributed by atoms with Crippen LogP contribution in [0.4, 0.5) is 5.82 Å². The lowest BCUT2D eigenvalue weighted by Gasteiger charge is -2.21. The summed E-state index contributed by atoms with van der Waals surface area (Å²) in [6.45, 7) is 2.91. The number of nitrogens with zero attached hydrogens (tertiary/aromatic N) is 4. The molecule has 31 heavy (non-hydrogen) atoms. The summed E-state index contributed by atoms with van der Waals surface area (Å²) in [4.78, 5) is 26.9. The third-order valence-corrected chi connectivity index (χ3v) is 6.22. The van der Waals surface area contributed by atoms with Gasteiger partial charge in [0.05, 0.1) is 23.6 Å². The average Bonchev–Trinajstić information content (AvgIpc) is 3.51. The smallest absolute Gasteiger partial charge is 0.347 e.